The molecule has 42 valence electrons. The quantitative estimate of drug-likeness (QED) is 0.338. The monoisotopic (exact) mass is 107 g/mol. The van der Waals surface area contributed by atoms with Crippen molar-refractivity contribution in [3.05, 3.63) is 30.1 Å². The Morgan fingerprint density at radius 2 is 2.38 bits per heavy atom. The number of nitrogens with zero attached hydrogens (tertiary/aromatic N) is 1. The zero-order valence-corrected chi connectivity index (χ0v) is 5.18. The lowest BCUT2D eigenvalue weighted by Gasteiger charge is -1.94. The second kappa shape index (κ2) is 1.95. The Hall–Kier alpha value is -0.850. The average molecular weight is 107 g/mol. The minimum Gasteiger partial charge on any atom is -0.313 e. The lowest BCUT2D eigenvalue weighted by atomic mass is 10.3. The van der Waals surface area contributed by atoms with E-state index in [1.165, 1.54) is 5.56 Å². The van der Waals surface area contributed by atoms with Crippen molar-refractivity contribution < 1.29 is 4.57 Å². The van der Waals surface area contributed by atoms with Gasteiger partial charge in [-0.15, -0.1) is 6.07 Å². The van der Waals surface area contributed by atoms with Crippen LogP contribution in [0.3, 0.4) is 0 Å². The van der Waals surface area contributed by atoms with E-state index in [4.69, 9.17) is 0 Å². The van der Waals surface area contributed by atoms with Gasteiger partial charge < -0.3 is 4.57 Å². The van der Waals surface area contributed by atoms with Gasteiger partial charge in [0.15, 0.2) is 0 Å². The van der Waals surface area contributed by atoms with E-state index in [2.05, 4.69) is 6.20 Å². The largest absolute Gasteiger partial charge is 0.313 e. The van der Waals surface area contributed by atoms with E-state index in [1.54, 1.807) is 0 Å². The van der Waals surface area contributed by atoms with Crippen LogP contribution in [0.5, 0.6) is 0 Å². The maximum Gasteiger partial charge on any atom is 0.116 e. The van der Waals surface area contributed by atoms with E-state index in [0.717, 1.165) is 0 Å². The highest BCUT2D eigenvalue weighted by molar-refractivity contribution is 4.99. The van der Waals surface area contributed by atoms with Crippen LogP contribution >= 0.6 is 0 Å². The molecule has 0 fully saturated rings. The van der Waals surface area contributed by atoms with Crippen molar-refractivity contribution in [3.63, 3.8) is 0 Å². The zero-order valence-electron chi connectivity index (χ0n) is 5.18. The molecule has 0 aliphatic heterocycles. The first-order valence-corrected chi connectivity index (χ1v) is 2.63. The Kier molecular flexibility index (Phi) is 1.29. The van der Waals surface area contributed by atoms with Crippen molar-refractivity contribution in [1.82, 2.24) is 0 Å². The highest BCUT2D eigenvalue weighted by Gasteiger charge is 1.78. The molecule has 0 radical (unpaired) electrons. The maximum absolute atomic E-state index is 3.09. The molecule has 8 heavy (non-hydrogen) atoms. The summed E-state index contributed by atoms with van der Waals surface area (Å²) in [5, 5.41) is 0. The third-order valence-corrected chi connectivity index (χ3v) is 1.01. The van der Waals surface area contributed by atoms with E-state index in [-0.39, 0.29) is 0 Å². The predicted molar refractivity (Wildman–Crippen MR) is 31.2 cm³/mol. The van der Waals surface area contributed by atoms with E-state index in [0.29, 0.717) is 0 Å². The molecular weight excluding hydrogens is 98.1 g/mol. The molecule has 1 nitrogen and oxygen atoms in total. The van der Waals surface area contributed by atoms with Gasteiger partial charge in [-0.2, -0.15) is 6.07 Å². The molecule has 1 aromatic heterocycles. The molecule has 0 bridgehead atoms. The number of pyridine rings is 1. The molecule has 0 aliphatic carbocycles. The second-order valence-corrected chi connectivity index (χ2v) is 1.91. The molecule has 0 saturated carbocycles. The van der Waals surface area contributed by atoms with E-state index in [9.17, 15) is 0 Å². The Balaban J connectivity index is 3.08. The Bertz CT molecular complexity index is 164. The van der Waals surface area contributed by atoms with Gasteiger partial charge >= 0.3 is 0 Å². The van der Waals surface area contributed by atoms with Gasteiger partial charge in [-0.25, -0.2) is 0 Å². The molecule has 1 heterocycles. The first-order valence-electron chi connectivity index (χ1n) is 2.63. The summed E-state index contributed by atoms with van der Waals surface area (Å²) in [5.41, 5.74) is 1.18. The van der Waals surface area contributed by atoms with Crippen LogP contribution in [0.2, 0.25) is 0 Å². The van der Waals surface area contributed by atoms with E-state index in [1.807, 2.05) is 36.9 Å². The smallest absolute Gasteiger partial charge is 0.116 e. The Morgan fingerprint density at radius 1 is 1.62 bits per heavy atom. The number of rotatable bonds is 0. The van der Waals surface area contributed by atoms with Crippen molar-refractivity contribution in [2.45, 2.75) is 6.92 Å². The molecule has 1 heteroatoms. The standard InChI is InChI=1S/C7H9N/c1-7-4-3-5-8(2)6-7/h3-5H,1-2H3. The fraction of sp³-hybridized carbons (Fsp3) is 0.286. The molecule has 0 aliphatic rings. The normalized spacial score (nSPS) is 9.25. The van der Waals surface area contributed by atoms with Crippen LogP contribution in [0, 0.1) is 13.1 Å². The lowest BCUT2D eigenvalue weighted by molar-refractivity contribution is -0.676. The van der Waals surface area contributed by atoms with Gasteiger partial charge in [-0.05, 0) is 0 Å². The molecule has 1 rings (SSSR count). The molecule has 0 atom stereocenters. The minimum atomic E-state index is 1.18. The summed E-state index contributed by atoms with van der Waals surface area (Å²) in [6, 6.07) is 4.03. The molecule has 0 N–H and O–H groups in total. The predicted octanol–water partition coefficient (Wildman–Crippen LogP) is 0.620. The summed E-state index contributed by atoms with van der Waals surface area (Å²) >= 11 is 0. The van der Waals surface area contributed by atoms with Crippen molar-refractivity contribution in [1.29, 1.82) is 0 Å². The maximum atomic E-state index is 3.09. The second-order valence-electron chi connectivity index (χ2n) is 1.91. The molecule has 0 unspecified atom stereocenters. The summed E-state index contributed by atoms with van der Waals surface area (Å²) < 4.78 is 1.91. The van der Waals surface area contributed by atoms with E-state index >= 15 is 0 Å². The Morgan fingerprint density at radius 3 is 2.75 bits per heavy atom. The van der Waals surface area contributed by atoms with Crippen LogP contribution in [0.4, 0.5) is 0 Å². The Labute approximate surface area is 49.6 Å². The van der Waals surface area contributed by atoms with Crippen molar-refractivity contribution >= 4 is 0 Å². The average Bonchev–Trinajstić information content (AvgIpc) is 1.64. The van der Waals surface area contributed by atoms with Crippen LogP contribution in [-0.4, -0.2) is 0 Å². The fourth-order valence-electron chi connectivity index (χ4n) is 0.669. The zero-order chi connectivity index (χ0) is 5.98. The molecule has 1 aromatic rings. The highest BCUT2D eigenvalue weighted by Crippen LogP contribution is 1.85. The summed E-state index contributed by atoms with van der Waals surface area (Å²) in [5.74, 6) is 0. The number of hydrogen-bond acceptors (Lipinski definition) is 0. The van der Waals surface area contributed by atoms with Crippen LogP contribution in [0.15, 0.2) is 18.3 Å². The molecule has 0 aromatic carbocycles. The van der Waals surface area contributed by atoms with Gasteiger partial charge in [0.05, 0.1) is 6.20 Å². The van der Waals surface area contributed by atoms with Crippen molar-refractivity contribution in [3.8, 4) is 0 Å². The van der Waals surface area contributed by atoms with Crippen LogP contribution < -0.4 is 4.57 Å². The first kappa shape index (κ1) is 5.29. The third-order valence-electron chi connectivity index (χ3n) is 1.01. The van der Waals surface area contributed by atoms with Gasteiger partial charge in [0.1, 0.15) is 13.2 Å². The molecule has 0 amide bonds. The van der Waals surface area contributed by atoms with Gasteiger partial charge in [-0.1, -0.05) is 12.5 Å². The number of aryl methyl sites for hydroxylation is 2. The minimum absolute atomic E-state index is 1.18. The number of aromatic nitrogens is 1. The topological polar surface area (TPSA) is 3.88 Å². The third kappa shape index (κ3) is 1.06. The molecule has 0 spiro atoms. The van der Waals surface area contributed by atoms with Crippen molar-refractivity contribution in [2.24, 2.45) is 7.05 Å². The van der Waals surface area contributed by atoms with Gasteiger partial charge in [-0.3, -0.25) is 0 Å². The SMILES string of the molecule is Cc1[c-][n+](C)ccc1. The highest BCUT2D eigenvalue weighted by atomic mass is 14.9. The summed E-state index contributed by atoms with van der Waals surface area (Å²) in [6.07, 6.45) is 5.05. The van der Waals surface area contributed by atoms with Crippen molar-refractivity contribution in [2.75, 3.05) is 0 Å². The van der Waals surface area contributed by atoms with Crippen LogP contribution in [0.1, 0.15) is 5.56 Å². The van der Waals surface area contributed by atoms with Gasteiger partial charge in [0.25, 0.3) is 0 Å². The van der Waals surface area contributed by atoms with Crippen LogP contribution in [0.25, 0.3) is 0 Å². The fourth-order valence-corrected chi connectivity index (χ4v) is 0.669. The van der Waals surface area contributed by atoms with E-state index < -0.39 is 0 Å². The van der Waals surface area contributed by atoms with Gasteiger partial charge in [0, 0.05) is 0 Å². The number of hydrogen-bond donors (Lipinski definition) is 0. The van der Waals surface area contributed by atoms with Gasteiger partial charge in [0.2, 0.25) is 0 Å². The first-order chi connectivity index (χ1) is 3.79. The summed E-state index contributed by atoms with van der Waals surface area (Å²) in [6.45, 7) is 2.03. The molecular formula is C7H9N. The lowest BCUT2D eigenvalue weighted by Crippen LogP contribution is -2.27. The van der Waals surface area contributed by atoms with Crippen LogP contribution in [-0.2, 0) is 7.05 Å². The summed E-state index contributed by atoms with van der Waals surface area (Å²) in [7, 11) is 1.97. The summed E-state index contributed by atoms with van der Waals surface area (Å²) in [4.78, 5) is 0. The molecule has 0 saturated heterocycles.